The maximum Gasteiger partial charge on any atom is 0.251 e. The molecule has 1 aliphatic heterocycles. The van der Waals surface area contributed by atoms with Crippen molar-refractivity contribution in [2.24, 2.45) is 0 Å². The maximum atomic E-state index is 12.1. The molecule has 3 heterocycles. The Morgan fingerprint density at radius 1 is 1.22 bits per heavy atom. The van der Waals surface area contributed by atoms with Gasteiger partial charge in [-0.3, -0.25) is 9.59 Å². The van der Waals surface area contributed by atoms with E-state index in [1.54, 1.807) is 14.0 Å². The predicted octanol–water partition coefficient (Wildman–Crippen LogP) is 3.16. The number of nitrogens with zero attached hydrogens (tertiary/aromatic N) is 3. The van der Waals surface area contributed by atoms with Crippen molar-refractivity contribution < 1.29 is 14.3 Å². The fourth-order valence-corrected chi connectivity index (χ4v) is 4.42. The number of fused-ring (bicyclic) bond motifs is 1. The van der Waals surface area contributed by atoms with Crippen molar-refractivity contribution in [3.05, 3.63) is 58.9 Å². The number of hydrogen-bond donors (Lipinski definition) is 1. The Kier molecular flexibility index (Phi) is 6.02. The molecule has 1 fully saturated rings. The van der Waals surface area contributed by atoms with Crippen LogP contribution in [0, 0.1) is 13.8 Å². The lowest BCUT2D eigenvalue weighted by Gasteiger charge is -2.37. The van der Waals surface area contributed by atoms with Gasteiger partial charge in [0.15, 0.2) is 0 Å². The van der Waals surface area contributed by atoms with Crippen molar-refractivity contribution in [1.82, 2.24) is 19.6 Å². The monoisotopic (exact) mass is 434 g/mol. The fourth-order valence-electron chi connectivity index (χ4n) is 4.42. The zero-order chi connectivity index (χ0) is 23.0. The van der Waals surface area contributed by atoms with Crippen LogP contribution in [0.5, 0.6) is 0 Å². The van der Waals surface area contributed by atoms with Gasteiger partial charge in [0.1, 0.15) is 5.65 Å². The quantitative estimate of drug-likeness (QED) is 0.684. The van der Waals surface area contributed by atoms with Crippen LogP contribution in [-0.4, -0.2) is 58.4 Å². The van der Waals surface area contributed by atoms with E-state index in [9.17, 15) is 9.59 Å². The number of imidazole rings is 1. The van der Waals surface area contributed by atoms with E-state index in [2.05, 4.69) is 21.9 Å². The lowest BCUT2D eigenvalue weighted by molar-refractivity contribution is -0.141. The molecule has 0 bridgehead atoms. The van der Waals surface area contributed by atoms with Gasteiger partial charge in [0.25, 0.3) is 5.91 Å². The lowest BCUT2D eigenvalue weighted by Crippen LogP contribution is -2.50. The zero-order valence-electron chi connectivity index (χ0n) is 19.3. The Balaban J connectivity index is 1.76. The first-order chi connectivity index (χ1) is 15.3. The summed E-state index contributed by atoms with van der Waals surface area (Å²) in [6.07, 6.45) is 2.56. The smallest absolute Gasteiger partial charge is 0.251 e. The molecule has 7 heteroatoms. The number of ether oxygens (including phenoxy) is 1. The van der Waals surface area contributed by atoms with E-state index in [1.807, 2.05) is 50.1 Å². The minimum atomic E-state index is -0.112. The molecule has 1 unspecified atom stereocenters. The second-order valence-corrected chi connectivity index (χ2v) is 8.63. The maximum absolute atomic E-state index is 12.1. The third-order valence-electron chi connectivity index (χ3n) is 6.18. The predicted molar refractivity (Wildman–Crippen MR) is 124 cm³/mol. The van der Waals surface area contributed by atoms with Crippen LogP contribution in [0.25, 0.3) is 16.9 Å². The van der Waals surface area contributed by atoms with E-state index >= 15 is 0 Å². The molecule has 7 nitrogen and oxygen atoms in total. The van der Waals surface area contributed by atoms with Crippen molar-refractivity contribution in [1.29, 1.82) is 0 Å². The number of aromatic nitrogens is 2. The molecule has 32 heavy (non-hydrogen) atoms. The van der Waals surface area contributed by atoms with E-state index in [0.29, 0.717) is 25.1 Å². The number of aryl methyl sites for hydroxylation is 2. The number of carbonyl (C=O) groups excluding carboxylic acids is 2. The van der Waals surface area contributed by atoms with Gasteiger partial charge in [-0.1, -0.05) is 6.07 Å². The number of amides is 2. The topological polar surface area (TPSA) is 75.9 Å². The molecule has 0 aliphatic carbocycles. The van der Waals surface area contributed by atoms with Gasteiger partial charge in [0.05, 0.1) is 30.1 Å². The van der Waals surface area contributed by atoms with Gasteiger partial charge in [0, 0.05) is 44.3 Å². The van der Waals surface area contributed by atoms with Gasteiger partial charge in [0.2, 0.25) is 5.91 Å². The average molecular weight is 435 g/mol. The Hall–Kier alpha value is -3.19. The minimum absolute atomic E-state index is 0.0698. The van der Waals surface area contributed by atoms with Gasteiger partial charge < -0.3 is 19.4 Å². The third kappa shape index (κ3) is 4.12. The largest absolute Gasteiger partial charge is 0.374 e. The lowest BCUT2D eigenvalue weighted by atomic mass is 9.99. The summed E-state index contributed by atoms with van der Waals surface area (Å²) in [6.45, 7) is 8.75. The van der Waals surface area contributed by atoms with Crippen molar-refractivity contribution in [3.63, 3.8) is 0 Å². The molecule has 4 rings (SSSR count). The molecular weight excluding hydrogens is 404 g/mol. The van der Waals surface area contributed by atoms with E-state index in [0.717, 1.165) is 33.7 Å². The highest BCUT2D eigenvalue weighted by Crippen LogP contribution is 2.30. The molecular formula is C25H30N4O3. The fraction of sp³-hybridized carbons (Fsp3) is 0.400. The molecule has 2 atom stereocenters. The SMILES string of the molecule is CNC(=O)c1ccc(-c2nc3cc(C)ccn3c2CC2CN(C(C)=O)[C@@H](C)CO2)c(C)c1. The zero-order valence-corrected chi connectivity index (χ0v) is 19.3. The highest BCUT2D eigenvalue weighted by molar-refractivity contribution is 5.95. The number of nitrogens with one attached hydrogen (secondary N) is 1. The summed E-state index contributed by atoms with van der Waals surface area (Å²) in [5.41, 5.74) is 6.52. The van der Waals surface area contributed by atoms with E-state index < -0.39 is 0 Å². The first-order valence-corrected chi connectivity index (χ1v) is 11.0. The van der Waals surface area contributed by atoms with Crippen molar-refractivity contribution in [2.75, 3.05) is 20.2 Å². The highest BCUT2D eigenvalue weighted by Gasteiger charge is 2.30. The van der Waals surface area contributed by atoms with Crippen LogP contribution in [0.2, 0.25) is 0 Å². The summed E-state index contributed by atoms with van der Waals surface area (Å²) >= 11 is 0. The number of carbonyl (C=O) groups is 2. The van der Waals surface area contributed by atoms with Gasteiger partial charge in [-0.15, -0.1) is 0 Å². The standard InChI is InChI=1S/C25H30N4O3/c1-15-8-9-28-22(12-20-13-29(18(4)30)17(3)14-32-20)24(27-23(28)10-15)21-7-6-19(11-16(21)2)25(31)26-5/h6-11,17,20H,12-14H2,1-5H3,(H,26,31)/t17-,20?/m0/s1. The number of morpholine rings is 1. The summed E-state index contributed by atoms with van der Waals surface area (Å²) < 4.78 is 8.22. The average Bonchev–Trinajstić information content (AvgIpc) is 3.11. The van der Waals surface area contributed by atoms with Crippen molar-refractivity contribution >= 4 is 17.5 Å². The number of rotatable bonds is 4. The molecule has 1 N–H and O–H groups in total. The summed E-state index contributed by atoms with van der Waals surface area (Å²) in [5.74, 6) is -0.0417. The van der Waals surface area contributed by atoms with E-state index in [1.165, 1.54) is 0 Å². The van der Waals surface area contributed by atoms with Crippen LogP contribution in [0.15, 0.2) is 36.5 Å². The molecule has 1 aliphatic rings. The molecule has 168 valence electrons. The molecule has 2 amide bonds. The van der Waals surface area contributed by atoms with Crippen LogP contribution >= 0.6 is 0 Å². The molecule has 3 aromatic rings. The van der Waals surface area contributed by atoms with Crippen LogP contribution < -0.4 is 5.32 Å². The second-order valence-electron chi connectivity index (χ2n) is 8.63. The minimum Gasteiger partial charge on any atom is -0.374 e. The van der Waals surface area contributed by atoms with Gasteiger partial charge >= 0.3 is 0 Å². The van der Waals surface area contributed by atoms with E-state index in [-0.39, 0.29) is 24.0 Å². The summed E-state index contributed by atoms with van der Waals surface area (Å²) in [7, 11) is 1.63. The van der Waals surface area contributed by atoms with Crippen LogP contribution in [-0.2, 0) is 16.0 Å². The first kappa shape index (κ1) is 22.0. The Bertz CT molecular complexity index is 1180. The van der Waals surface area contributed by atoms with Crippen LogP contribution in [0.1, 0.15) is 41.0 Å². The van der Waals surface area contributed by atoms with Gasteiger partial charge in [-0.05, 0) is 56.2 Å². The summed E-state index contributed by atoms with van der Waals surface area (Å²) in [5, 5.41) is 2.67. The van der Waals surface area contributed by atoms with Crippen LogP contribution in [0.3, 0.4) is 0 Å². The molecule has 0 saturated carbocycles. The molecule has 0 radical (unpaired) electrons. The van der Waals surface area contributed by atoms with Crippen molar-refractivity contribution in [3.8, 4) is 11.3 Å². The molecule has 0 spiro atoms. The van der Waals surface area contributed by atoms with E-state index in [4.69, 9.17) is 9.72 Å². The summed E-state index contributed by atoms with van der Waals surface area (Å²) in [4.78, 5) is 31.0. The first-order valence-electron chi connectivity index (χ1n) is 11.0. The number of pyridine rings is 1. The number of benzene rings is 1. The Morgan fingerprint density at radius 2 is 2.00 bits per heavy atom. The van der Waals surface area contributed by atoms with Crippen LogP contribution in [0.4, 0.5) is 0 Å². The number of hydrogen-bond acceptors (Lipinski definition) is 4. The molecule has 1 saturated heterocycles. The Morgan fingerprint density at radius 3 is 2.69 bits per heavy atom. The van der Waals surface area contributed by atoms with Gasteiger partial charge in [-0.2, -0.15) is 0 Å². The molecule has 1 aromatic carbocycles. The summed E-state index contributed by atoms with van der Waals surface area (Å²) in [6, 6.07) is 9.89. The molecule has 2 aromatic heterocycles. The Labute approximate surface area is 188 Å². The third-order valence-corrected chi connectivity index (χ3v) is 6.18. The normalized spacial score (nSPS) is 18.7. The highest BCUT2D eigenvalue weighted by atomic mass is 16.5. The van der Waals surface area contributed by atoms with Gasteiger partial charge in [-0.25, -0.2) is 4.98 Å². The van der Waals surface area contributed by atoms with Crippen molar-refractivity contribution in [2.45, 2.75) is 46.3 Å². The second kappa shape index (κ2) is 8.74.